The highest BCUT2D eigenvalue weighted by Crippen LogP contribution is 2.56. The van der Waals surface area contributed by atoms with Gasteiger partial charge in [0.1, 0.15) is 0 Å². The van der Waals surface area contributed by atoms with Crippen LogP contribution in [-0.4, -0.2) is 29.3 Å². The van der Waals surface area contributed by atoms with Crippen molar-refractivity contribution in [1.29, 1.82) is 0 Å². The van der Waals surface area contributed by atoms with Gasteiger partial charge in [-0.15, -0.1) is 0 Å². The van der Waals surface area contributed by atoms with E-state index in [1.807, 2.05) is 11.9 Å². The molecule has 4 fully saturated rings. The molecule has 4 bridgehead atoms. The SMILES string of the molecule is CC(O)CN(N)CC1C2CC3CC(C2)CC1C3. The first-order chi connectivity index (χ1) is 8.11. The monoisotopic (exact) mass is 238 g/mol. The van der Waals surface area contributed by atoms with E-state index >= 15 is 0 Å². The molecule has 0 heterocycles. The van der Waals surface area contributed by atoms with Gasteiger partial charge in [0.25, 0.3) is 0 Å². The van der Waals surface area contributed by atoms with Crippen molar-refractivity contribution in [3.8, 4) is 0 Å². The van der Waals surface area contributed by atoms with Gasteiger partial charge in [-0.1, -0.05) is 0 Å². The van der Waals surface area contributed by atoms with Crippen LogP contribution >= 0.6 is 0 Å². The fraction of sp³-hybridized carbons (Fsp3) is 1.00. The average molecular weight is 238 g/mol. The zero-order chi connectivity index (χ0) is 12.0. The van der Waals surface area contributed by atoms with Crippen LogP contribution in [0.5, 0.6) is 0 Å². The Hall–Kier alpha value is -0.120. The molecule has 3 N–H and O–H groups in total. The lowest BCUT2D eigenvalue weighted by Crippen LogP contribution is -2.51. The zero-order valence-corrected chi connectivity index (χ0v) is 10.9. The minimum atomic E-state index is -0.308. The number of nitrogens with zero attached hydrogens (tertiary/aromatic N) is 1. The Bertz CT molecular complexity index is 251. The summed E-state index contributed by atoms with van der Waals surface area (Å²) in [5.74, 6) is 10.8. The summed E-state index contributed by atoms with van der Waals surface area (Å²) in [6.45, 7) is 3.43. The van der Waals surface area contributed by atoms with Gasteiger partial charge < -0.3 is 5.11 Å². The summed E-state index contributed by atoms with van der Waals surface area (Å²) in [5, 5.41) is 11.2. The van der Waals surface area contributed by atoms with Crippen LogP contribution in [0.3, 0.4) is 0 Å². The summed E-state index contributed by atoms with van der Waals surface area (Å²) in [5.41, 5.74) is 0. The smallest absolute Gasteiger partial charge is 0.0653 e. The molecule has 4 aliphatic carbocycles. The van der Waals surface area contributed by atoms with Crippen molar-refractivity contribution in [2.45, 2.75) is 45.1 Å². The molecule has 0 spiro atoms. The minimum absolute atomic E-state index is 0.308. The second kappa shape index (κ2) is 4.52. The highest BCUT2D eigenvalue weighted by Gasteiger charge is 2.48. The van der Waals surface area contributed by atoms with Crippen molar-refractivity contribution >= 4 is 0 Å². The van der Waals surface area contributed by atoms with E-state index in [0.29, 0.717) is 6.54 Å². The number of rotatable bonds is 4. The lowest BCUT2D eigenvalue weighted by Gasteiger charge is -2.55. The molecule has 0 radical (unpaired) electrons. The molecule has 0 amide bonds. The Labute approximate surface area is 104 Å². The molecule has 17 heavy (non-hydrogen) atoms. The van der Waals surface area contributed by atoms with Gasteiger partial charge in [-0.2, -0.15) is 0 Å². The molecule has 0 aliphatic heterocycles. The quantitative estimate of drug-likeness (QED) is 0.578. The molecule has 0 aromatic carbocycles. The Morgan fingerprint density at radius 1 is 1.12 bits per heavy atom. The Balaban J connectivity index is 1.60. The molecule has 98 valence electrons. The molecule has 1 atom stereocenters. The van der Waals surface area contributed by atoms with Crippen molar-refractivity contribution in [2.75, 3.05) is 13.1 Å². The highest BCUT2D eigenvalue weighted by molar-refractivity contribution is 4.98. The molecule has 4 rings (SSSR count). The van der Waals surface area contributed by atoms with E-state index in [-0.39, 0.29) is 6.10 Å². The fourth-order valence-electron chi connectivity index (χ4n) is 5.02. The predicted molar refractivity (Wildman–Crippen MR) is 68.0 cm³/mol. The molecule has 0 aromatic rings. The van der Waals surface area contributed by atoms with E-state index < -0.39 is 0 Å². The van der Waals surface area contributed by atoms with Crippen LogP contribution in [0.25, 0.3) is 0 Å². The van der Waals surface area contributed by atoms with Gasteiger partial charge in [0.2, 0.25) is 0 Å². The summed E-state index contributed by atoms with van der Waals surface area (Å²) in [6, 6.07) is 0. The predicted octanol–water partition coefficient (Wildman–Crippen LogP) is 1.62. The van der Waals surface area contributed by atoms with E-state index in [9.17, 15) is 5.11 Å². The van der Waals surface area contributed by atoms with E-state index in [2.05, 4.69) is 0 Å². The van der Waals surface area contributed by atoms with E-state index in [1.54, 1.807) is 0 Å². The van der Waals surface area contributed by atoms with Crippen LogP contribution in [0.4, 0.5) is 0 Å². The third-order valence-corrected chi connectivity index (χ3v) is 5.37. The third-order valence-electron chi connectivity index (χ3n) is 5.37. The molecule has 3 heteroatoms. The van der Waals surface area contributed by atoms with Crippen molar-refractivity contribution in [3.05, 3.63) is 0 Å². The van der Waals surface area contributed by atoms with E-state index in [0.717, 1.165) is 36.1 Å². The maximum atomic E-state index is 9.38. The third kappa shape index (κ3) is 2.38. The lowest BCUT2D eigenvalue weighted by atomic mass is 9.52. The zero-order valence-electron chi connectivity index (χ0n) is 10.9. The van der Waals surface area contributed by atoms with E-state index in [1.165, 1.54) is 32.1 Å². The van der Waals surface area contributed by atoms with Crippen LogP contribution in [-0.2, 0) is 0 Å². The summed E-state index contributed by atoms with van der Waals surface area (Å²) >= 11 is 0. The molecular weight excluding hydrogens is 212 g/mol. The number of nitrogens with two attached hydrogens (primary N) is 1. The number of hydrogen-bond acceptors (Lipinski definition) is 3. The van der Waals surface area contributed by atoms with Crippen LogP contribution in [0.1, 0.15) is 39.0 Å². The molecule has 1 unspecified atom stereocenters. The van der Waals surface area contributed by atoms with Gasteiger partial charge in [0.15, 0.2) is 0 Å². The molecule has 4 saturated carbocycles. The van der Waals surface area contributed by atoms with Crippen LogP contribution in [0.2, 0.25) is 0 Å². The first-order valence-corrected chi connectivity index (χ1v) is 7.29. The van der Waals surface area contributed by atoms with Crippen molar-refractivity contribution in [3.63, 3.8) is 0 Å². The summed E-state index contributed by atoms with van der Waals surface area (Å²) < 4.78 is 0. The summed E-state index contributed by atoms with van der Waals surface area (Å²) in [4.78, 5) is 0. The fourth-order valence-corrected chi connectivity index (χ4v) is 5.02. The molecule has 3 nitrogen and oxygen atoms in total. The second-order valence-electron chi connectivity index (χ2n) is 6.90. The Kier molecular flexibility index (Phi) is 3.18. The molecule has 4 aliphatic rings. The maximum absolute atomic E-state index is 9.38. The topological polar surface area (TPSA) is 49.5 Å². The van der Waals surface area contributed by atoms with Gasteiger partial charge >= 0.3 is 0 Å². The van der Waals surface area contributed by atoms with Crippen LogP contribution in [0.15, 0.2) is 0 Å². The van der Waals surface area contributed by atoms with Crippen molar-refractivity contribution in [1.82, 2.24) is 5.01 Å². The van der Waals surface area contributed by atoms with Gasteiger partial charge in [-0.05, 0) is 68.6 Å². The van der Waals surface area contributed by atoms with Crippen molar-refractivity contribution in [2.24, 2.45) is 35.4 Å². The number of hydrogen-bond donors (Lipinski definition) is 2. The largest absolute Gasteiger partial charge is 0.392 e. The summed E-state index contributed by atoms with van der Waals surface area (Å²) in [6.07, 6.45) is 7.04. The van der Waals surface area contributed by atoms with Crippen molar-refractivity contribution < 1.29 is 5.11 Å². The summed E-state index contributed by atoms with van der Waals surface area (Å²) in [7, 11) is 0. The number of aliphatic hydroxyl groups is 1. The van der Waals surface area contributed by atoms with Crippen LogP contribution in [0, 0.1) is 29.6 Å². The number of aliphatic hydroxyl groups excluding tert-OH is 1. The van der Waals surface area contributed by atoms with E-state index in [4.69, 9.17) is 5.84 Å². The minimum Gasteiger partial charge on any atom is -0.392 e. The van der Waals surface area contributed by atoms with Gasteiger partial charge in [-0.3, -0.25) is 5.84 Å². The molecule has 0 aromatic heterocycles. The van der Waals surface area contributed by atoms with Crippen LogP contribution < -0.4 is 5.84 Å². The number of hydrazine groups is 1. The highest BCUT2D eigenvalue weighted by atomic mass is 16.3. The van der Waals surface area contributed by atoms with Gasteiger partial charge in [-0.25, -0.2) is 5.01 Å². The first-order valence-electron chi connectivity index (χ1n) is 7.29. The average Bonchev–Trinajstić information content (AvgIpc) is 2.21. The van der Waals surface area contributed by atoms with Gasteiger partial charge in [0, 0.05) is 13.1 Å². The Morgan fingerprint density at radius 3 is 2.12 bits per heavy atom. The standard InChI is InChI=1S/C14H26N2O/c1-9(17)7-16(15)8-14-12-3-10-2-11(5-12)6-13(14)4-10/h9-14,17H,2-8,15H2,1H3. The Morgan fingerprint density at radius 2 is 1.65 bits per heavy atom. The lowest BCUT2D eigenvalue weighted by molar-refractivity contribution is -0.0522. The normalized spacial score (nSPS) is 45.5. The van der Waals surface area contributed by atoms with Gasteiger partial charge in [0.05, 0.1) is 6.10 Å². The molecular formula is C14H26N2O. The molecule has 0 saturated heterocycles. The second-order valence-corrected chi connectivity index (χ2v) is 6.90. The maximum Gasteiger partial charge on any atom is 0.0653 e. The first kappa shape index (κ1) is 11.9.